The Hall–Kier alpha value is -2.50. The third kappa shape index (κ3) is 3.54. The van der Waals surface area contributed by atoms with E-state index in [-0.39, 0.29) is 5.91 Å². The first kappa shape index (κ1) is 16.9. The van der Waals surface area contributed by atoms with Crippen LogP contribution in [0, 0.1) is 0 Å². The Labute approximate surface area is 157 Å². The fourth-order valence-corrected chi connectivity index (χ4v) is 4.20. The van der Waals surface area contributed by atoms with Gasteiger partial charge in [0.25, 0.3) is 5.91 Å². The van der Waals surface area contributed by atoms with E-state index in [0.29, 0.717) is 5.56 Å². The van der Waals surface area contributed by atoms with Gasteiger partial charge in [0.2, 0.25) is 0 Å². The highest BCUT2D eigenvalue weighted by molar-refractivity contribution is 7.19. The smallest absolute Gasteiger partial charge is 0.255 e. The van der Waals surface area contributed by atoms with Crippen molar-refractivity contribution in [3.05, 3.63) is 70.7 Å². The van der Waals surface area contributed by atoms with Crippen LogP contribution in [-0.4, -0.2) is 35.9 Å². The molecule has 1 amide bonds. The zero-order valence-corrected chi connectivity index (χ0v) is 15.6. The predicted molar refractivity (Wildman–Crippen MR) is 107 cm³/mol. The zero-order valence-electron chi connectivity index (χ0n) is 14.7. The van der Waals surface area contributed by atoms with Gasteiger partial charge >= 0.3 is 0 Å². The first-order chi connectivity index (χ1) is 12.7. The van der Waals surface area contributed by atoms with Crippen molar-refractivity contribution in [2.24, 2.45) is 0 Å². The molecule has 0 spiro atoms. The minimum atomic E-state index is -0.0775. The van der Waals surface area contributed by atoms with Crippen LogP contribution in [0.4, 0.5) is 0 Å². The molecule has 1 aliphatic heterocycles. The molecule has 0 bridgehead atoms. The van der Waals surface area contributed by atoms with Crippen molar-refractivity contribution >= 4 is 33.2 Å². The van der Waals surface area contributed by atoms with Gasteiger partial charge in [-0.1, -0.05) is 30.3 Å². The second-order valence-corrected chi connectivity index (χ2v) is 7.62. The first-order valence-corrected chi connectivity index (χ1v) is 9.65. The van der Waals surface area contributed by atoms with Gasteiger partial charge in [0, 0.05) is 18.7 Å². The van der Waals surface area contributed by atoms with Crippen LogP contribution in [0.5, 0.6) is 0 Å². The van der Waals surface area contributed by atoms with Crippen molar-refractivity contribution in [3.8, 4) is 0 Å². The Balaban J connectivity index is 1.72. The summed E-state index contributed by atoms with van der Waals surface area (Å²) >= 11 is 1.64. The Bertz CT molecular complexity index is 919. The van der Waals surface area contributed by atoms with Crippen molar-refractivity contribution in [1.82, 2.24) is 15.2 Å². The third-order valence-corrected chi connectivity index (χ3v) is 5.78. The van der Waals surface area contributed by atoms with Crippen LogP contribution in [0.25, 0.3) is 15.9 Å². The maximum absolute atomic E-state index is 12.8. The molecule has 2 heterocycles. The lowest BCUT2D eigenvalue weighted by Gasteiger charge is -2.26. The number of nitrogens with zero attached hydrogens (tertiary/aromatic N) is 2. The number of hydrogen-bond donors (Lipinski definition) is 1. The highest BCUT2D eigenvalue weighted by Gasteiger charge is 2.20. The van der Waals surface area contributed by atoms with E-state index in [2.05, 4.69) is 23.3 Å². The van der Waals surface area contributed by atoms with Crippen molar-refractivity contribution < 1.29 is 4.79 Å². The number of thiazole rings is 1. The first-order valence-electron chi connectivity index (χ1n) is 8.83. The molecule has 4 rings (SSSR count). The van der Waals surface area contributed by atoms with E-state index in [1.165, 1.54) is 5.57 Å². The van der Waals surface area contributed by atoms with Gasteiger partial charge in [0.1, 0.15) is 5.01 Å². The zero-order chi connectivity index (χ0) is 17.9. The number of amides is 1. The van der Waals surface area contributed by atoms with Gasteiger partial charge in [0.15, 0.2) is 0 Å². The molecule has 26 heavy (non-hydrogen) atoms. The van der Waals surface area contributed by atoms with E-state index in [0.717, 1.165) is 46.9 Å². The third-order valence-electron chi connectivity index (χ3n) is 4.73. The van der Waals surface area contributed by atoms with Gasteiger partial charge in [-0.2, -0.15) is 0 Å². The summed E-state index contributed by atoms with van der Waals surface area (Å²) in [5.74, 6) is -0.0775. The van der Waals surface area contributed by atoms with Crippen LogP contribution in [0.2, 0.25) is 0 Å². The van der Waals surface area contributed by atoms with E-state index in [1.54, 1.807) is 11.3 Å². The fourth-order valence-electron chi connectivity index (χ4n) is 3.19. The van der Waals surface area contributed by atoms with Crippen LogP contribution in [0.1, 0.15) is 28.2 Å². The van der Waals surface area contributed by atoms with Gasteiger partial charge in [0.05, 0.1) is 15.9 Å². The highest BCUT2D eigenvalue weighted by atomic mass is 32.1. The topological polar surface area (TPSA) is 45.2 Å². The second-order valence-electron chi connectivity index (χ2n) is 6.59. The number of likely N-dealkylation sites (tertiary alicyclic amines) is 1. The number of fused-ring (bicyclic) bond motifs is 1. The van der Waals surface area contributed by atoms with E-state index >= 15 is 0 Å². The Kier molecular flexibility index (Phi) is 4.82. The van der Waals surface area contributed by atoms with Crippen LogP contribution in [-0.2, 0) is 0 Å². The molecule has 5 heteroatoms. The van der Waals surface area contributed by atoms with Gasteiger partial charge in [-0.25, -0.2) is 4.98 Å². The average molecular weight is 363 g/mol. The molecular formula is C21H21N3OS. The normalized spacial score (nSPS) is 15.2. The summed E-state index contributed by atoms with van der Waals surface area (Å²) in [5, 5.41) is 4.06. The highest BCUT2D eigenvalue weighted by Crippen LogP contribution is 2.31. The second kappa shape index (κ2) is 7.40. The molecule has 1 N–H and O–H groups in total. The molecule has 0 unspecified atom stereocenters. The fraction of sp³-hybridized carbons (Fsp3) is 0.238. The standard InChI is InChI=1S/C21H21N3OS/c1-24-13-11-15(12-14-24)19(23-20(25)16-7-3-2-4-8-16)21-22-17-9-5-6-10-18(17)26-21/h2-10H,11-14H2,1H3,(H,23,25). The SMILES string of the molecule is CN1CCC(=C(NC(=O)c2ccccc2)c2nc3ccccc3s2)CC1. The molecule has 1 saturated heterocycles. The molecule has 1 fully saturated rings. The van der Waals surface area contributed by atoms with Gasteiger partial charge in [-0.05, 0) is 49.7 Å². The van der Waals surface area contributed by atoms with E-state index in [1.807, 2.05) is 48.5 Å². The molecule has 0 saturated carbocycles. The molecule has 0 aliphatic carbocycles. The summed E-state index contributed by atoms with van der Waals surface area (Å²) in [6, 6.07) is 17.5. The van der Waals surface area contributed by atoms with Crippen molar-refractivity contribution in [2.75, 3.05) is 20.1 Å². The number of piperidine rings is 1. The Morgan fingerprint density at radius 1 is 1.04 bits per heavy atom. The largest absolute Gasteiger partial charge is 0.319 e. The number of aromatic nitrogens is 1. The van der Waals surface area contributed by atoms with E-state index < -0.39 is 0 Å². The molecule has 4 nitrogen and oxygen atoms in total. The predicted octanol–water partition coefficient (Wildman–Crippen LogP) is 4.16. The summed E-state index contributed by atoms with van der Waals surface area (Å²) in [5.41, 5.74) is 3.83. The molecule has 1 aromatic heterocycles. The maximum Gasteiger partial charge on any atom is 0.255 e. The van der Waals surface area contributed by atoms with Crippen LogP contribution >= 0.6 is 11.3 Å². The lowest BCUT2D eigenvalue weighted by molar-refractivity contribution is 0.0973. The van der Waals surface area contributed by atoms with Crippen molar-refractivity contribution in [2.45, 2.75) is 12.8 Å². The number of carbonyl (C=O) groups is 1. The van der Waals surface area contributed by atoms with Crippen molar-refractivity contribution in [1.29, 1.82) is 0 Å². The summed E-state index contributed by atoms with van der Waals surface area (Å²) in [6.45, 7) is 2.01. The number of benzene rings is 2. The molecule has 0 radical (unpaired) electrons. The molecule has 3 aromatic rings. The molecule has 2 aromatic carbocycles. The minimum absolute atomic E-state index is 0.0775. The molecule has 1 aliphatic rings. The number of rotatable bonds is 3. The number of hydrogen-bond acceptors (Lipinski definition) is 4. The molecular weight excluding hydrogens is 342 g/mol. The Morgan fingerprint density at radius 2 is 1.73 bits per heavy atom. The van der Waals surface area contributed by atoms with Crippen LogP contribution in [0.15, 0.2) is 60.2 Å². The van der Waals surface area contributed by atoms with Gasteiger partial charge in [-0.15, -0.1) is 11.3 Å². The van der Waals surface area contributed by atoms with E-state index in [4.69, 9.17) is 4.98 Å². The summed E-state index contributed by atoms with van der Waals surface area (Å²) in [4.78, 5) is 19.9. The molecule has 132 valence electrons. The van der Waals surface area contributed by atoms with Gasteiger partial charge in [-0.3, -0.25) is 4.79 Å². The van der Waals surface area contributed by atoms with Crippen LogP contribution < -0.4 is 5.32 Å². The molecule has 0 atom stereocenters. The number of nitrogens with one attached hydrogen (secondary N) is 1. The van der Waals surface area contributed by atoms with Crippen LogP contribution in [0.3, 0.4) is 0 Å². The average Bonchev–Trinajstić information content (AvgIpc) is 3.11. The number of para-hydroxylation sites is 1. The monoisotopic (exact) mass is 363 g/mol. The summed E-state index contributed by atoms with van der Waals surface area (Å²) in [7, 11) is 2.14. The Morgan fingerprint density at radius 3 is 2.46 bits per heavy atom. The lowest BCUT2D eigenvalue weighted by Crippen LogP contribution is -2.30. The quantitative estimate of drug-likeness (QED) is 0.760. The summed E-state index contributed by atoms with van der Waals surface area (Å²) < 4.78 is 1.14. The minimum Gasteiger partial charge on any atom is -0.319 e. The number of carbonyl (C=O) groups excluding carboxylic acids is 1. The summed E-state index contributed by atoms with van der Waals surface area (Å²) in [6.07, 6.45) is 1.91. The van der Waals surface area contributed by atoms with Crippen molar-refractivity contribution in [3.63, 3.8) is 0 Å². The van der Waals surface area contributed by atoms with Gasteiger partial charge < -0.3 is 10.2 Å². The van der Waals surface area contributed by atoms with E-state index in [9.17, 15) is 4.79 Å². The lowest BCUT2D eigenvalue weighted by atomic mass is 10.0. The maximum atomic E-state index is 12.8.